The molecule has 1 aromatic rings. The van der Waals surface area contributed by atoms with Gasteiger partial charge in [0.25, 0.3) is 0 Å². The summed E-state index contributed by atoms with van der Waals surface area (Å²) in [7, 11) is 0. The van der Waals surface area contributed by atoms with Crippen LogP contribution >= 0.6 is 23.1 Å². The van der Waals surface area contributed by atoms with E-state index in [1.807, 2.05) is 0 Å². The van der Waals surface area contributed by atoms with Crippen molar-refractivity contribution in [2.24, 2.45) is 0 Å². The van der Waals surface area contributed by atoms with Gasteiger partial charge in [0.15, 0.2) is 4.34 Å². The van der Waals surface area contributed by atoms with Crippen molar-refractivity contribution in [1.29, 1.82) is 0 Å². The van der Waals surface area contributed by atoms with Gasteiger partial charge in [-0.2, -0.15) is 0 Å². The number of hydrogen-bond donors (Lipinski definition) is 2. The van der Waals surface area contributed by atoms with Gasteiger partial charge in [-0.05, 0) is 12.8 Å². The van der Waals surface area contributed by atoms with Crippen molar-refractivity contribution in [3.8, 4) is 0 Å². The third kappa shape index (κ3) is 4.45. The molecule has 2 rings (SSSR count). The Morgan fingerprint density at radius 3 is 2.83 bits per heavy atom. The minimum atomic E-state index is 0.145. The number of hydrogen-bond acceptors (Lipinski definition) is 6. The molecule has 0 atom stereocenters. The number of carbonyl (C=O) groups is 1. The molecule has 100 valence electrons. The molecule has 1 saturated carbocycles. The molecule has 0 spiro atoms. The second-order valence-electron chi connectivity index (χ2n) is 4.41. The van der Waals surface area contributed by atoms with Gasteiger partial charge in [-0.15, -0.1) is 10.2 Å². The number of nitrogens with zero attached hydrogens (tertiary/aromatic N) is 2. The van der Waals surface area contributed by atoms with Crippen LogP contribution in [0.4, 0.5) is 5.13 Å². The minimum absolute atomic E-state index is 0.145. The highest BCUT2D eigenvalue weighted by Crippen LogP contribution is 2.24. The maximum atomic E-state index is 11.7. The van der Waals surface area contributed by atoms with Crippen LogP contribution in [-0.4, -0.2) is 27.9 Å². The summed E-state index contributed by atoms with van der Waals surface area (Å²) >= 11 is 2.90. The van der Waals surface area contributed by atoms with Crippen LogP contribution in [0.2, 0.25) is 0 Å². The maximum Gasteiger partial charge on any atom is 0.221 e. The van der Waals surface area contributed by atoms with Crippen molar-refractivity contribution >= 4 is 34.1 Å². The lowest BCUT2D eigenvalue weighted by Crippen LogP contribution is -2.36. The smallest absolute Gasteiger partial charge is 0.221 e. The largest absolute Gasteiger partial charge is 0.374 e. The first-order chi connectivity index (χ1) is 8.74. The number of anilines is 1. The molecule has 1 amide bonds. The first-order valence-electron chi connectivity index (χ1n) is 6.25. The Bertz CT molecular complexity index is 390. The highest BCUT2D eigenvalue weighted by molar-refractivity contribution is 8.01. The van der Waals surface area contributed by atoms with E-state index in [1.54, 1.807) is 0 Å². The fraction of sp³-hybridized carbons (Fsp3) is 0.727. The van der Waals surface area contributed by atoms with Gasteiger partial charge in [-0.3, -0.25) is 4.79 Å². The summed E-state index contributed by atoms with van der Waals surface area (Å²) < 4.78 is 0.831. The topological polar surface area (TPSA) is 80.9 Å². The summed E-state index contributed by atoms with van der Waals surface area (Å²) in [6, 6.07) is 0.397. The Hall–Kier alpha value is -0.820. The van der Waals surface area contributed by atoms with Gasteiger partial charge in [-0.1, -0.05) is 42.4 Å². The van der Waals surface area contributed by atoms with E-state index < -0.39 is 0 Å². The van der Waals surface area contributed by atoms with Gasteiger partial charge in [0.05, 0.1) is 0 Å². The molecular weight excluding hydrogens is 268 g/mol. The van der Waals surface area contributed by atoms with Gasteiger partial charge >= 0.3 is 0 Å². The van der Waals surface area contributed by atoms with Crippen molar-refractivity contribution in [2.75, 3.05) is 11.5 Å². The number of nitrogen functional groups attached to an aromatic ring is 1. The number of aromatic nitrogens is 2. The summed E-state index contributed by atoms with van der Waals surface area (Å²) in [6.07, 6.45) is 6.58. The van der Waals surface area contributed by atoms with Crippen LogP contribution in [0, 0.1) is 0 Å². The average Bonchev–Trinajstić information content (AvgIpc) is 2.76. The van der Waals surface area contributed by atoms with Gasteiger partial charge in [0, 0.05) is 18.2 Å². The Morgan fingerprint density at radius 1 is 1.39 bits per heavy atom. The molecule has 3 N–H and O–H groups in total. The molecule has 0 aromatic carbocycles. The fourth-order valence-electron chi connectivity index (χ4n) is 2.06. The summed E-state index contributed by atoms with van der Waals surface area (Å²) in [6.45, 7) is 0. The Morgan fingerprint density at radius 2 is 2.17 bits per heavy atom. The molecule has 1 fully saturated rings. The summed E-state index contributed by atoms with van der Waals surface area (Å²) in [5, 5.41) is 11.2. The van der Waals surface area contributed by atoms with E-state index in [9.17, 15) is 4.79 Å². The van der Waals surface area contributed by atoms with E-state index >= 15 is 0 Å². The quantitative estimate of drug-likeness (QED) is 0.810. The first-order valence-corrected chi connectivity index (χ1v) is 8.05. The van der Waals surface area contributed by atoms with Crippen LogP contribution in [0.25, 0.3) is 0 Å². The number of nitrogens with one attached hydrogen (secondary N) is 1. The fourth-order valence-corrected chi connectivity index (χ4v) is 3.70. The van der Waals surface area contributed by atoms with Crippen molar-refractivity contribution in [3.63, 3.8) is 0 Å². The number of nitrogens with two attached hydrogens (primary N) is 1. The van der Waals surface area contributed by atoms with Crippen molar-refractivity contribution in [3.05, 3.63) is 0 Å². The zero-order chi connectivity index (χ0) is 12.8. The summed E-state index contributed by atoms with van der Waals surface area (Å²) in [5.41, 5.74) is 5.49. The van der Waals surface area contributed by atoms with Crippen LogP contribution in [0.1, 0.15) is 38.5 Å². The van der Waals surface area contributed by atoms with Crippen molar-refractivity contribution < 1.29 is 4.79 Å². The van der Waals surface area contributed by atoms with E-state index in [2.05, 4.69) is 15.5 Å². The van der Waals surface area contributed by atoms with Gasteiger partial charge in [-0.25, -0.2) is 0 Å². The molecule has 0 unspecified atom stereocenters. The van der Waals surface area contributed by atoms with E-state index in [-0.39, 0.29) is 5.91 Å². The number of amides is 1. The lowest BCUT2D eigenvalue weighted by atomic mass is 9.95. The van der Waals surface area contributed by atoms with Crippen molar-refractivity contribution in [1.82, 2.24) is 15.5 Å². The predicted molar refractivity (Wildman–Crippen MR) is 74.7 cm³/mol. The molecule has 18 heavy (non-hydrogen) atoms. The number of carbonyl (C=O) groups excluding carboxylic acids is 1. The van der Waals surface area contributed by atoms with Crippen molar-refractivity contribution in [2.45, 2.75) is 48.9 Å². The SMILES string of the molecule is Nc1nnc(SCCC(=O)NC2CCCCC2)s1. The first kappa shape index (κ1) is 13.6. The highest BCUT2D eigenvalue weighted by Gasteiger charge is 2.15. The molecular formula is C11H18N4OS2. The molecule has 0 bridgehead atoms. The molecule has 5 nitrogen and oxygen atoms in total. The lowest BCUT2D eigenvalue weighted by Gasteiger charge is -2.22. The average molecular weight is 286 g/mol. The summed E-state index contributed by atoms with van der Waals surface area (Å²) in [5.74, 6) is 0.875. The predicted octanol–water partition coefficient (Wildman–Crippen LogP) is 2.05. The molecule has 0 aliphatic heterocycles. The molecule has 0 radical (unpaired) electrons. The van der Waals surface area contributed by atoms with Crippen LogP contribution in [-0.2, 0) is 4.79 Å². The lowest BCUT2D eigenvalue weighted by molar-refractivity contribution is -0.121. The molecule has 1 aliphatic rings. The molecule has 1 aliphatic carbocycles. The van der Waals surface area contributed by atoms with E-state index in [4.69, 9.17) is 5.73 Å². The Kier molecular flexibility index (Phi) is 5.25. The highest BCUT2D eigenvalue weighted by atomic mass is 32.2. The Labute approximate surface area is 115 Å². The van der Waals surface area contributed by atoms with E-state index in [0.717, 1.165) is 22.9 Å². The second-order valence-corrected chi connectivity index (χ2v) is 6.76. The Balaban J connectivity index is 1.62. The second kappa shape index (κ2) is 6.94. The van der Waals surface area contributed by atoms with Gasteiger partial charge in [0.1, 0.15) is 0 Å². The third-order valence-electron chi connectivity index (χ3n) is 2.95. The monoisotopic (exact) mass is 286 g/mol. The standard InChI is InChI=1S/C11H18N4OS2/c12-10-14-15-11(18-10)17-7-6-9(16)13-8-4-2-1-3-5-8/h8H,1-7H2,(H2,12,14)(H,13,16). The van der Waals surface area contributed by atoms with E-state index in [1.165, 1.54) is 42.4 Å². The zero-order valence-electron chi connectivity index (χ0n) is 10.2. The van der Waals surface area contributed by atoms with Gasteiger partial charge < -0.3 is 11.1 Å². The normalized spacial score (nSPS) is 16.7. The third-order valence-corrected chi connectivity index (χ3v) is 4.83. The molecule has 7 heteroatoms. The van der Waals surface area contributed by atoms with Crippen LogP contribution in [0.5, 0.6) is 0 Å². The molecule has 1 aromatic heterocycles. The zero-order valence-corrected chi connectivity index (χ0v) is 11.9. The van der Waals surface area contributed by atoms with E-state index in [0.29, 0.717) is 17.6 Å². The van der Waals surface area contributed by atoms with Gasteiger partial charge in [0.2, 0.25) is 11.0 Å². The number of thioether (sulfide) groups is 1. The summed E-state index contributed by atoms with van der Waals surface area (Å²) in [4.78, 5) is 11.7. The van der Waals surface area contributed by atoms with Crippen LogP contribution < -0.4 is 11.1 Å². The maximum absolute atomic E-state index is 11.7. The van der Waals surface area contributed by atoms with Crippen LogP contribution in [0.15, 0.2) is 4.34 Å². The molecule has 0 saturated heterocycles. The van der Waals surface area contributed by atoms with Crippen LogP contribution in [0.3, 0.4) is 0 Å². The molecule has 1 heterocycles. The number of rotatable bonds is 5. The minimum Gasteiger partial charge on any atom is -0.374 e.